The van der Waals surface area contributed by atoms with Crippen molar-refractivity contribution in [2.24, 2.45) is 0 Å². The number of carbonyl (C=O) groups excluding carboxylic acids is 2. The topological polar surface area (TPSA) is 58.2 Å². The van der Waals surface area contributed by atoms with Gasteiger partial charge in [-0.05, 0) is 42.2 Å². The largest absolute Gasteiger partial charge is 0.350 e. The second kappa shape index (κ2) is 10.1. The van der Waals surface area contributed by atoms with E-state index in [1.165, 1.54) is 0 Å². The SMILES string of the molecule is O=C(CCCc1ccccc1Cl)NCC(=O)NCc1ccc(Cl)cc1. The van der Waals surface area contributed by atoms with Crippen LogP contribution in [0.3, 0.4) is 0 Å². The second-order valence-corrected chi connectivity index (χ2v) is 6.47. The van der Waals surface area contributed by atoms with Crippen LogP contribution in [0.1, 0.15) is 24.0 Å². The Hall–Kier alpha value is -2.04. The molecule has 0 saturated heterocycles. The summed E-state index contributed by atoms with van der Waals surface area (Å²) >= 11 is 11.9. The van der Waals surface area contributed by atoms with Crippen LogP contribution in [-0.4, -0.2) is 18.4 Å². The van der Waals surface area contributed by atoms with Crippen molar-refractivity contribution in [3.05, 3.63) is 69.7 Å². The highest BCUT2D eigenvalue weighted by molar-refractivity contribution is 6.31. The van der Waals surface area contributed by atoms with Gasteiger partial charge in [-0.1, -0.05) is 53.5 Å². The third-order valence-electron chi connectivity index (χ3n) is 3.66. The zero-order valence-electron chi connectivity index (χ0n) is 13.7. The summed E-state index contributed by atoms with van der Waals surface area (Å²) in [6, 6.07) is 14.8. The monoisotopic (exact) mass is 378 g/mol. The number of benzene rings is 2. The van der Waals surface area contributed by atoms with E-state index in [1.807, 2.05) is 36.4 Å². The number of amides is 2. The fourth-order valence-electron chi connectivity index (χ4n) is 2.27. The third kappa shape index (κ3) is 7.16. The highest BCUT2D eigenvalue weighted by Crippen LogP contribution is 2.17. The molecule has 0 atom stereocenters. The van der Waals surface area contributed by atoms with Gasteiger partial charge in [0.25, 0.3) is 0 Å². The van der Waals surface area contributed by atoms with Gasteiger partial charge in [-0.2, -0.15) is 0 Å². The summed E-state index contributed by atoms with van der Waals surface area (Å²) in [4.78, 5) is 23.6. The van der Waals surface area contributed by atoms with Crippen LogP contribution in [0.15, 0.2) is 48.5 Å². The van der Waals surface area contributed by atoms with Crippen LogP contribution in [0.2, 0.25) is 10.0 Å². The molecule has 0 aliphatic carbocycles. The summed E-state index contributed by atoms with van der Waals surface area (Å²) < 4.78 is 0. The summed E-state index contributed by atoms with van der Waals surface area (Å²) in [5.41, 5.74) is 1.97. The van der Waals surface area contributed by atoms with Gasteiger partial charge < -0.3 is 10.6 Å². The van der Waals surface area contributed by atoms with Gasteiger partial charge in [-0.3, -0.25) is 9.59 Å². The van der Waals surface area contributed by atoms with Crippen molar-refractivity contribution >= 4 is 35.0 Å². The summed E-state index contributed by atoms with van der Waals surface area (Å²) in [6.07, 6.45) is 1.77. The first-order valence-corrected chi connectivity index (χ1v) is 8.81. The van der Waals surface area contributed by atoms with E-state index in [1.54, 1.807) is 12.1 Å². The lowest BCUT2D eigenvalue weighted by Gasteiger charge is -2.08. The third-order valence-corrected chi connectivity index (χ3v) is 4.28. The van der Waals surface area contributed by atoms with E-state index in [-0.39, 0.29) is 18.4 Å². The standard InChI is InChI=1S/C19H20Cl2N2O2/c20-16-10-8-14(9-11-16)12-22-19(25)13-23-18(24)7-3-5-15-4-1-2-6-17(15)21/h1-2,4,6,8-11H,3,5,7,12-13H2,(H,22,25)(H,23,24). The number of rotatable bonds is 8. The van der Waals surface area contributed by atoms with Crippen LogP contribution < -0.4 is 10.6 Å². The van der Waals surface area contributed by atoms with Gasteiger partial charge in [0, 0.05) is 23.0 Å². The maximum absolute atomic E-state index is 11.8. The molecule has 0 bridgehead atoms. The van der Waals surface area contributed by atoms with Gasteiger partial charge >= 0.3 is 0 Å². The highest BCUT2D eigenvalue weighted by Gasteiger charge is 2.06. The van der Waals surface area contributed by atoms with E-state index in [2.05, 4.69) is 10.6 Å². The molecule has 0 saturated carbocycles. The number of aryl methyl sites for hydroxylation is 1. The van der Waals surface area contributed by atoms with Crippen molar-refractivity contribution in [1.82, 2.24) is 10.6 Å². The molecule has 2 N–H and O–H groups in total. The van der Waals surface area contributed by atoms with Crippen molar-refractivity contribution in [1.29, 1.82) is 0 Å². The summed E-state index contributed by atoms with van der Waals surface area (Å²) in [7, 11) is 0. The lowest BCUT2D eigenvalue weighted by molar-refractivity contribution is -0.126. The fourth-order valence-corrected chi connectivity index (χ4v) is 2.63. The Morgan fingerprint density at radius 3 is 2.32 bits per heavy atom. The molecule has 0 aliphatic heterocycles. The first-order chi connectivity index (χ1) is 12.0. The van der Waals surface area contributed by atoms with Gasteiger partial charge in [0.2, 0.25) is 11.8 Å². The Morgan fingerprint density at radius 1 is 0.880 bits per heavy atom. The normalized spacial score (nSPS) is 10.3. The predicted octanol–water partition coefficient (Wildman–Crippen LogP) is 3.75. The minimum absolute atomic E-state index is 0.0292. The van der Waals surface area contributed by atoms with Gasteiger partial charge in [0.1, 0.15) is 0 Å². The predicted molar refractivity (Wildman–Crippen MR) is 101 cm³/mol. The molecule has 0 aliphatic rings. The molecule has 0 radical (unpaired) electrons. The Kier molecular flexibility index (Phi) is 7.76. The number of halogens is 2. The van der Waals surface area contributed by atoms with Gasteiger partial charge in [0.15, 0.2) is 0 Å². The Balaban J connectivity index is 1.61. The van der Waals surface area contributed by atoms with Crippen LogP contribution >= 0.6 is 23.2 Å². The number of nitrogens with one attached hydrogen (secondary N) is 2. The van der Waals surface area contributed by atoms with Crippen LogP contribution in [0.25, 0.3) is 0 Å². The van der Waals surface area contributed by atoms with E-state index in [0.29, 0.717) is 29.4 Å². The van der Waals surface area contributed by atoms with E-state index >= 15 is 0 Å². The number of hydrogen-bond acceptors (Lipinski definition) is 2. The summed E-state index contributed by atoms with van der Waals surface area (Å²) in [5, 5.41) is 6.74. The molecule has 0 aromatic heterocycles. The molecular weight excluding hydrogens is 359 g/mol. The highest BCUT2D eigenvalue weighted by atomic mass is 35.5. The van der Waals surface area contributed by atoms with E-state index in [0.717, 1.165) is 17.5 Å². The first-order valence-electron chi connectivity index (χ1n) is 8.06. The molecule has 2 aromatic carbocycles. The van der Waals surface area contributed by atoms with Crippen LogP contribution in [-0.2, 0) is 22.6 Å². The van der Waals surface area contributed by atoms with Crippen molar-refractivity contribution in [2.45, 2.75) is 25.8 Å². The minimum atomic E-state index is -0.227. The molecule has 2 aromatic rings. The zero-order valence-corrected chi connectivity index (χ0v) is 15.2. The average molecular weight is 379 g/mol. The molecule has 0 fully saturated rings. The Bertz CT molecular complexity index is 718. The summed E-state index contributed by atoms with van der Waals surface area (Å²) in [5.74, 6) is -0.372. The zero-order chi connectivity index (χ0) is 18.1. The van der Waals surface area contributed by atoms with E-state index in [4.69, 9.17) is 23.2 Å². The maximum Gasteiger partial charge on any atom is 0.239 e. The molecule has 2 rings (SSSR count). The first kappa shape index (κ1) is 19.3. The molecule has 0 spiro atoms. The molecule has 0 unspecified atom stereocenters. The molecule has 6 heteroatoms. The van der Waals surface area contributed by atoms with Crippen LogP contribution in [0, 0.1) is 0 Å². The second-order valence-electron chi connectivity index (χ2n) is 5.62. The molecule has 132 valence electrons. The Morgan fingerprint density at radius 2 is 1.60 bits per heavy atom. The number of hydrogen-bond donors (Lipinski definition) is 2. The van der Waals surface area contributed by atoms with E-state index < -0.39 is 0 Å². The molecule has 25 heavy (non-hydrogen) atoms. The van der Waals surface area contributed by atoms with Gasteiger partial charge in [-0.15, -0.1) is 0 Å². The van der Waals surface area contributed by atoms with Crippen molar-refractivity contribution in [3.63, 3.8) is 0 Å². The number of carbonyl (C=O) groups is 2. The fraction of sp³-hybridized carbons (Fsp3) is 0.263. The molecular formula is C19H20Cl2N2O2. The molecule has 0 heterocycles. The van der Waals surface area contributed by atoms with Crippen molar-refractivity contribution < 1.29 is 9.59 Å². The van der Waals surface area contributed by atoms with Crippen LogP contribution in [0.4, 0.5) is 0 Å². The Labute approximate surface area is 157 Å². The van der Waals surface area contributed by atoms with Crippen molar-refractivity contribution in [3.8, 4) is 0 Å². The quantitative estimate of drug-likeness (QED) is 0.734. The van der Waals surface area contributed by atoms with Crippen molar-refractivity contribution in [2.75, 3.05) is 6.54 Å². The van der Waals surface area contributed by atoms with E-state index in [9.17, 15) is 9.59 Å². The average Bonchev–Trinajstić information content (AvgIpc) is 2.61. The maximum atomic E-state index is 11.8. The summed E-state index contributed by atoms with van der Waals surface area (Å²) in [6.45, 7) is 0.372. The van der Waals surface area contributed by atoms with Crippen LogP contribution in [0.5, 0.6) is 0 Å². The lowest BCUT2D eigenvalue weighted by Crippen LogP contribution is -2.36. The lowest BCUT2D eigenvalue weighted by atomic mass is 10.1. The van der Waals surface area contributed by atoms with Gasteiger partial charge in [0.05, 0.1) is 6.54 Å². The molecule has 4 nitrogen and oxygen atoms in total. The van der Waals surface area contributed by atoms with Gasteiger partial charge in [-0.25, -0.2) is 0 Å². The molecule has 2 amide bonds. The smallest absolute Gasteiger partial charge is 0.239 e. The minimum Gasteiger partial charge on any atom is -0.350 e.